The van der Waals surface area contributed by atoms with Crippen molar-refractivity contribution in [1.82, 2.24) is 9.78 Å². The summed E-state index contributed by atoms with van der Waals surface area (Å²) in [5, 5.41) is 7.57. The summed E-state index contributed by atoms with van der Waals surface area (Å²) in [6.07, 6.45) is 5.09. The van der Waals surface area contributed by atoms with E-state index in [1.807, 2.05) is 0 Å². The molecule has 3 N–H and O–H groups in total. The van der Waals surface area contributed by atoms with Crippen LogP contribution in [0.2, 0.25) is 0 Å². The zero-order chi connectivity index (χ0) is 14.5. The lowest BCUT2D eigenvalue weighted by Crippen LogP contribution is -2.32. The molecule has 7 heteroatoms. The molecule has 1 aromatic heterocycles. The normalized spacial score (nSPS) is 22.1. The number of halogens is 1. The van der Waals surface area contributed by atoms with Crippen LogP contribution in [-0.2, 0) is 11.3 Å². The molecular weight excluding hydrogens is 324 g/mol. The molecule has 1 saturated carbocycles. The van der Waals surface area contributed by atoms with Gasteiger partial charge in [-0.1, -0.05) is 6.42 Å². The van der Waals surface area contributed by atoms with Gasteiger partial charge in [-0.25, -0.2) is 4.68 Å². The fourth-order valence-electron chi connectivity index (χ4n) is 2.61. The second kappa shape index (κ2) is 7.19. The van der Waals surface area contributed by atoms with Gasteiger partial charge in [-0.2, -0.15) is 5.10 Å². The molecule has 1 aliphatic rings. The number of rotatable bonds is 6. The Balaban J connectivity index is 2.13. The van der Waals surface area contributed by atoms with Crippen LogP contribution in [0.15, 0.2) is 15.5 Å². The van der Waals surface area contributed by atoms with Crippen LogP contribution < -0.4 is 16.6 Å². The van der Waals surface area contributed by atoms with Crippen LogP contribution in [0.3, 0.4) is 0 Å². The van der Waals surface area contributed by atoms with E-state index in [0.717, 1.165) is 18.5 Å². The first-order valence-electron chi connectivity index (χ1n) is 6.88. The molecule has 0 spiro atoms. The Morgan fingerprint density at radius 1 is 1.60 bits per heavy atom. The second-order valence-corrected chi connectivity index (χ2v) is 5.86. The average molecular weight is 345 g/mol. The Kier molecular flexibility index (Phi) is 5.56. The van der Waals surface area contributed by atoms with Crippen molar-refractivity contribution in [3.05, 3.63) is 21.0 Å². The predicted molar refractivity (Wildman–Crippen MR) is 81.9 cm³/mol. The van der Waals surface area contributed by atoms with Crippen molar-refractivity contribution in [3.8, 4) is 0 Å². The van der Waals surface area contributed by atoms with E-state index >= 15 is 0 Å². The number of ether oxygens (including phenoxy) is 1. The molecule has 2 rings (SSSR count). The van der Waals surface area contributed by atoms with E-state index < -0.39 is 0 Å². The van der Waals surface area contributed by atoms with E-state index in [2.05, 4.69) is 26.3 Å². The summed E-state index contributed by atoms with van der Waals surface area (Å²) in [6, 6.07) is 0.326. The molecule has 1 fully saturated rings. The number of nitrogens with one attached hydrogen (secondary N) is 1. The number of anilines is 1. The van der Waals surface area contributed by atoms with Gasteiger partial charge in [-0.3, -0.25) is 4.79 Å². The maximum Gasteiger partial charge on any atom is 0.283 e. The maximum absolute atomic E-state index is 12.2. The van der Waals surface area contributed by atoms with Gasteiger partial charge in [0.05, 0.1) is 25.0 Å². The third kappa shape index (κ3) is 3.39. The molecule has 0 saturated heterocycles. The molecule has 2 unspecified atom stereocenters. The molecule has 0 amide bonds. The predicted octanol–water partition coefficient (Wildman–Crippen LogP) is 1.19. The van der Waals surface area contributed by atoms with E-state index in [9.17, 15) is 4.79 Å². The van der Waals surface area contributed by atoms with Gasteiger partial charge in [0, 0.05) is 13.2 Å². The monoisotopic (exact) mass is 344 g/mol. The van der Waals surface area contributed by atoms with Crippen LogP contribution in [0.4, 0.5) is 5.69 Å². The van der Waals surface area contributed by atoms with Gasteiger partial charge in [0.1, 0.15) is 4.47 Å². The Hall–Kier alpha value is -0.920. The standard InChI is InChI=1S/C13H21BrN4O2/c1-20-6-5-18-13(19)12(14)11(8-16-18)17-10-4-2-3-9(10)7-15/h8-10,17H,2-7,15H2,1H3. The van der Waals surface area contributed by atoms with Gasteiger partial charge in [0.2, 0.25) is 0 Å². The molecule has 2 atom stereocenters. The van der Waals surface area contributed by atoms with Crippen LogP contribution in [0.1, 0.15) is 19.3 Å². The molecule has 0 bridgehead atoms. The average Bonchev–Trinajstić information content (AvgIpc) is 2.90. The highest BCUT2D eigenvalue weighted by Crippen LogP contribution is 2.29. The zero-order valence-electron chi connectivity index (χ0n) is 11.6. The second-order valence-electron chi connectivity index (χ2n) is 5.07. The van der Waals surface area contributed by atoms with Crippen molar-refractivity contribution in [2.24, 2.45) is 11.7 Å². The lowest BCUT2D eigenvalue weighted by atomic mass is 10.0. The largest absolute Gasteiger partial charge is 0.383 e. The first kappa shape index (κ1) is 15.5. The third-order valence-corrected chi connectivity index (χ3v) is 4.56. The summed E-state index contributed by atoms with van der Waals surface area (Å²) in [4.78, 5) is 12.2. The van der Waals surface area contributed by atoms with Gasteiger partial charge in [0.15, 0.2) is 0 Å². The first-order chi connectivity index (χ1) is 9.67. The van der Waals surface area contributed by atoms with Crippen molar-refractivity contribution < 1.29 is 4.74 Å². The van der Waals surface area contributed by atoms with Crippen LogP contribution >= 0.6 is 15.9 Å². The SMILES string of the molecule is COCCn1ncc(NC2CCCC2CN)c(Br)c1=O. The van der Waals surface area contributed by atoms with E-state index in [1.54, 1.807) is 13.3 Å². The van der Waals surface area contributed by atoms with Crippen LogP contribution in [0.5, 0.6) is 0 Å². The fraction of sp³-hybridized carbons (Fsp3) is 0.692. The van der Waals surface area contributed by atoms with Crippen LogP contribution in [0, 0.1) is 5.92 Å². The van der Waals surface area contributed by atoms with Crippen molar-refractivity contribution in [1.29, 1.82) is 0 Å². The molecule has 1 heterocycles. The Morgan fingerprint density at radius 3 is 3.10 bits per heavy atom. The molecule has 0 aliphatic heterocycles. The van der Waals surface area contributed by atoms with Gasteiger partial charge in [0.25, 0.3) is 5.56 Å². The van der Waals surface area contributed by atoms with E-state index in [1.165, 1.54) is 11.1 Å². The summed E-state index contributed by atoms with van der Waals surface area (Å²) < 4.78 is 6.88. The van der Waals surface area contributed by atoms with Crippen molar-refractivity contribution >= 4 is 21.6 Å². The highest BCUT2D eigenvalue weighted by Gasteiger charge is 2.26. The smallest absolute Gasteiger partial charge is 0.283 e. The first-order valence-corrected chi connectivity index (χ1v) is 7.67. The van der Waals surface area contributed by atoms with Crippen LogP contribution in [-0.4, -0.2) is 36.1 Å². The number of nitrogens with zero attached hydrogens (tertiary/aromatic N) is 2. The topological polar surface area (TPSA) is 82.2 Å². The van der Waals surface area contributed by atoms with Crippen molar-refractivity contribution in [2.75, 3.05) is 25.6 Å². The third-order valence-electron chi connectivity index (χ3n) is 3.79. The highest BCUT2D eigenvalue weighted by molar-refractivity contribution is 9.10. The lowest BCUT2D eigenvalue weighted by molar-refractivity contribution is 0.181. The quantitative estimate of drug-likeness (QED) is 0.809. The summed E-state index contributed by atoms with van der Waals surface area (Å²) in [7, 11) is 1.60. The maximum atomic E-state index is 12.2. The molecule has 0 radical (unpaired) electrons. The lowest BCUT2D eigenvalue weighted by Gasteiger charge is -2.21. The minimum Gasteiger partial charge on any atom is -0.383 e. The minimum absolute atomic E-state index is 0.144. The number of hydrogen-bond acceptors (Lipinski definition) is 5. The molecule has 0 aromatic carbocycles. The number of methoxy groups -OCH3 is 1. The van der Waals surface area contributed by atoms with Gasteiger partial charge < -0.3 is 15.8 Å². The molecule has 112 valence electrons. The van der Waals surface area contributed by atoms with Gasteiger partial charge in [-0.05, 0) is 41.2 Å². The molecular formula is C13H21BrN4O2. The minimum atomic E-state index is -0.144. The fourth-order valence-corrected chi connectivity index (χ4v) is 3.03. The Bertz CT molecular complexity index is 506. The number of aromatic nitrogens is 2. The zero-order valence-corrected chi connectivity index (χ0v) is 13.2. The number of hydrogen-bond donors (Lipinski definition) is 2. The summed E-state index contributed by atoms with van der Waals surface area (Å²) >= 11 is 3.36. The van der Waals surface area contributed by atoms with E-state index in [0.29, 0.717) is 36.1 Å². The molecule has 1 aromatic rings. The Morgan fingerprint density at radius 2 is 2.40 bits per heavy atom. The van der Waals surface area contributed by atoms with E-state index in [-0.39, 0.29) is 5.56 Å². The Labute approximate surface area is 126 Å². The molecule has 1 aliphatic carbocycles. The van der Waals surface area contributed by atoms with Crippen LogP contribution in [0.25, 0.3) is 0 Å². The molecule has 20 heavy (non-hydrogen) atoms. The highest BCUT2D eigenvalue weighted by atomic mass is 79.9. The van der Waals surface area contributed by atoms with Crippen molar-refractivity contribution in [2.45, 2.75) is 31.8 Å². The summed E-state index contributed by atoms with van der Waals surface area (Å²) in [5.74, 6) is 0.470. The van der Waals surface area contributed by atoms with E-state index in [4.69, 9.17) is 10.5 Å². The summed E-state index contributed by atoms with van der Waals surface area (Å²) in [5.41, 5.74) is 6.38. The van der Waals surface area contributed by atoms with Crippen molar-refractivity contribution in [3.63, 3.8) is 0 Å². The van der Waals surface area contributed by atoms with Gasteiger partial charge >= 0.3 is 0 Å². The molecule has 6 nitrogen and oxygen atoms in total. The number of nitrogens with two attached hydrogens (primary N) is 1. The summed E-state index contributed by atoms with van der Waals surface area (Å²) in [6.45, 7) is 1.58. The van der Waals surface area contributed by atoms with Gasteiger partial charge in [-0.15, -0.1) is 0 Å².